The number of pyridine rings is 4. The van der Waals surface area contributed by atoms with Crippen molar-refractivity contribution in [2.24, 2.45) is 0 Å². The summed E-state index contributed by atoms with van der Waals surface area (Å²) in [6.07, 6.45) is 3.41. The molecule has 0 bridgehead atoms. The maximum Gasteiger partial charge on any atom is 0.354 e. The van der Waals surface area contributed by atoms with Crippen molar-refractivity contribution in [1.29, 1.82) is 0 Å². The van der Waals surface area contributed by atoms with Crippen molar-refractivity contribution in [2.75, 3.05) is 0 Å². The number of carbonyl (C=O) groups is 1. The average Bonchev–Trinajstić information content (AvgIpc) is 2.89. The minimum Gasteiger partial charge on any atom is -0.477 e. The largest absolute Gasteiger partial charge is 0.477 e. The highest BCUT2D eigenvalue weighted by Gasteiger charge is 2.13. The molecule has 0 aliphatic rings. The van der Waals surface area contributed by atoms with Crippen LogP contribution >= 0.6 is 0 Å². The molecule has 4 aromatic heterocycles. The van der Waals surface area contributed by atoms with Gasteiger partial charge in [-0.3, -0.25) is 9.97 Å². The first-order chi connectivity index (χ1) is 16.2. The average molecular weight is 430 g/mol. The summed E-state index contributed by atoms with van der Waals surface area (Å²) in [4.78, 5) is 29.3. The number of aromatic nitrogens is 4. The molecule has 0 saturated heterocycles. The molecule has 5 aromatic rings. The lowest BCUT2D eigenvalue weighted by molar-refractivity contribution is 0.0690. The number of hydrogen-bond acceptors (Lipinski definition) is 5. The van der Waals surface area contributed by atoms with Crippen LogP contribution in [0.25, 0.3) is 45.2 Å². The molecule has 33 heavy (non-hydrogen) atoms. The lowest BCUT2D eigenvalue weighted by Gasteiger charge is -2.09. The van der Waals surface area contributed by atoms with Crippen LogP contribution in [0.1, 0.15) is 10.5 Å². The molecular formula is C27H18N4O2. The predicted octanol–water partition coefficient (Wildman–Crippen LogP) is 5.63. The molecule has 0 aliphatic heterocycles. The Morgan fingerprint density at radius 2 is 1.15 bits per heavy atom. The lowest BCUT2D eigenvalue weighted by atomic mass is 10.0. The van der Waals surface area contributed by atoms with E-state index in [0.29, 0.717) is 11.4 Å². The van der Waals surface area contributed by atoms with Gasteiger partial charge >= 0.3 is 5.97 Å². The van der Waals surface area contributed by atoms with E-state index >= 15 is 0 Å². The molecule has 6 nitrogen and oxygen atoms in total. The first-order valence-electron chi connectivity index (χ1n) is 10.3. The third kappa shape index (κ3) is 4.36. The Morgan fingerprint density at radius 3 is 1.79 bits per heavy atom. The van der Waals surface area contributed by atoms with Gasteiger partial charge in [-0.05, 0) is 59.7 Å². The number of nitrogens with zero attached hydrogens (tertiary/aromatic N) is 4. The fraction of sp³-hybridized carbons (Fsp3) is 0. The van der Waals surface area contributed by atoms with E-state index in [4.69, 9.17) is 4.98 Å². The maximum atomic E-state index is 11.7. The molecule has 0 unspecified atom stereocenters. The first-order valence-corrected chi connectivity index (χ1v) is 10.3. The van der Waals surface area contributed by atoms with Crippen LogP contribution in [-0.2, 0) is 0 Å². The van der Waals surface area contributed by atoms with Crippen LogP contribution in [0.2, 0.25) is 0 Å². The Kier molecular flexibility index (Phi) is 5.39. The van der Waals surface area contributed by atoms with Gasteiger partial charge in [-0.15, -0.1) is 0 Å². The van der Waals surface area contributed by atoms with Crippen molar-refractivity contribution in [1.82, 2.24) is 19.9 Å². The molecule has 0 atom stereocenters. The third-order valence-electron chi connectivity index (χ3n) is 5.16. The first kappa shape index (κ1) is 20.2. The normalized spacial score (nSPS) is 10.7. The fourth-order valence-corrected chi connectivity index (χ4v) is 3.54. The summed E-state index contributed by atoms with van der Waals surface area (Å²) in [6, 6.07) is 28.3. The monoisotopic (exact) mass is 430 g/mol. The van der Waals surface area contributed by atoms with Gasteiger partial charge in [0.2, 0.25) is 0 Å². The summed E-state index contributed by atoms with van der Waals surface area (Å²) in [5, 5.41) is 9.54. The van der Waals surface area contributed by atoms with Crippen molar-refractivity contribution in [3.05, 3.63) is 109 Å². The Morgan fingerprint density at radius 1 is 0.545 bits per heavy atom. The molecule has 0 radical (unpaired) electrons. The van der Waals surface area contributed by atoms with Crippen LogP contribution in [-0.4, -0.2) is 31.0 Å². The quantitative estimate of drug-likeness (QED) is 0.389. The number of carboxylic acid groups (broad SMARTS) is 1. The van der Waals surface area contributed by atoms with Crippen LogP contribution in [0, 0.1) is 0 Å². The molecule has 0 fully saturated rings. The molecule has 0 saturated carbocycles. The second-order valence-corrected chi connectivity index (χ2v) is 7.35. The van der Waals surface area contributed by atoms with Crippen molar-refractivity contribution in [3.8, 4) is 45.2 Å². The van der Waals surface area contributed by atoms with Gasteiger partial charge in [0.15, 0.2) is 0 Å². The highest BCUT2D eigenvalue weighted by molar-refractivity contribution is 5.88. The smallest absolute Gasteiger partial charge is 0.354 e. The highest BCUT2D eigenvalue weighted by Crippen LogP contribution is 2.28. The Balaban J connectivity index is 1.50. The molecule has 0 spiro atoms. The summed E-state index contributed by atoms with van der Waals surface area (Å²) in [7, 11) is 0. The Labute approximate surface area is 190 Å². The van der Waals surface area contributed by atoms with Gasteiger partial charge in [-0.2, -0.15) is 0 Å². The molecule has 1 aromatic carbocycles. The van der Waals surface area contributed by atoms with Crippen molar-refractivity contribution < 1.29 is 9.90 Å². The molecule has 4 heterocycles. The van der Waals surface area contributed by atoms with Gasteiger partial charge in [0, 0.05) is 18.0 Å². The zero-order valence-electron chi connectivity index (χ0n) is 17.5. The van der Waals surface area contributed by atoms with E-state index in [0.717, 1.165) is 33.8 Å². The van der Waals surface area contributed by atoms with E-state index in [1.165, 1.54) is 0 Å². The number of carboxylic acids is 1. The van der Waals surface area contributed by atoms with Crippen molar-refractivity contribution >= 4 is 5.97 Å². The summed E-state index contributed by atoms with van der Waals surface area (Å²) < 4.78 is 0. The molecule has 1 N–H and O–H groups in total. The van der Waals surface area contributed by atoms with E-state index in [1.54, 1.807) is 30.6 Å². The van der Waals surface area contributed by atoms with E-state index in [9.17, 15) is 9.90 Å². The molecule has 5 rings (SSSR count). The summed E-state index contributed by atoms with van der Waals surface area (Å²) in [5.74, 6) is -1.08. The van der Waals surface area contributed by atoms with Crippen LogP contribution < -0.4 is 0 Å². The zero-order chi connectivity index (χ0) is 22.6. The predicted molar refractivity (Wildman–Crippen MR) is 126 cm³/mol. The number of benzene rings is 1. The number of aromatic carboxylic acids is 1. The lowest BCUT2D eigenvalue weighted by Crippen LogP contribution is -2.02. The van der Waals surface area contributed by atoms with Crippen molar-refractivity contribution in [2.45, 2.75) is 0 Å². The summed E-state index contributed by atoms with van der Waals surface area (Å²) in [5.41, 5.74) is 6.14. The van der Waals surface area contributed by atoms with Gasteiger partial charge in [0.05, 0.1) is 28.5 Å². The second kappa shape index (κ2) is 8.80. The van der Waals surface area contributed by atoms with Crippen LogP contribution in [0.5, 0.6) is 0 Å². The highest BCUT2D eigenvalue weighted by atomic mass is 16.4. The zero-order valence-corrected chi connectivity index (χ0v) is 17.5. The van der Waals surface area contributed by atoms with Crippen LogP contribution in [0.15, 0.2) is 103 Å². The third-order valence-corrected chi connectivity index (χ3v) is 5.16. The van der Waals surface area contributed by atoms with E-state index in [1.807, 2.05) is 72.8 Å². The van der Waals surface area contributed by atoms with Crippen molar-refractivity contribution in [3.63, 3.8) is 0 Å². The van der Waals surface area contributed by atoms with E-state index in [2.05, 4.69) is 15.0 Å². The number of hydrogen-bond donors (Lipinski definition) is 1. The molecule has 0 aliphatic carbocycles. The SMILES string of the molecule is O=C(O)c1cc(-c2ccc(-c3cccc(-c4ccccn4)n3)cc2)cc(-c2ccccn2)n1. The molecule has 0 amide bonds. The summed E-state index contributed by atoms with van der Waals surface area (Å²) in [6.45, 7) is 0. The Hall–Kier alpha value is -4.71. The fourth-order valence-electron chi connectivity index (χ4n) is 3.54. The van der Waals surface area contributed by atoms with Gasteiger partial charge < -0.3 is 5.11 Å². The molecule has 6 heteroatoms. The van der Waals surface area contributed by atoms with E-state index < -0.39 is 5.97 Å². The van der Waals surface area contributed by atoms with Crippen LogP contribution in [0.4, 0.5) is 0 Å². The van der Waals surface area contributed by atoms with Gasteiger partial charge in [0.1, 0.15) is 5.69 Å². The van der Waals surface area contributed by atoms with Gasteiger partial charge in [0.25, 0.3) is 0 Å². The minimum absolute atomic E-state index is 0.0260. The van der Waals surface area contributed by atoms with Crippen LogP contribution in [0.3, 0.4) is 0 Å². The maximum absolute atomic E-state index is 11.7. The second-order valence-electron chi connectivity index (χ2n) is 7.35. The molecule has 158 valence electrons. The molecular weight excluding hydrogens is 412 g/mol. The number of rotatable bonds is 5. The van der Waals surface area contributed by atoms with Gasteiger partial charge in [-0.25, -0.2) is 14.8 Å². The van der Waals surface area contributed by atoms with E-state index in [-0.39, 0.29) is 5.69 Å². The van der Waals surface area contributed by atoms with Gasteiger partial charge in [-0.1, -0.05) is 42.5 Å². The minimum atomic E-state index is -1.08. The Bertz CT molecular complexity index is 1420. The topological polar surface area (TPSA) is 88.9 Å². The standard InChI is InChI=1S/C27H18N4O2/c32-27(33)26-17-20(16-25(31-26)23-7-2-4-15-29-23)18-10-12-19(13-11-18)21-8-5-9-24(30-21)22-6-1-3-14-28-22/h1-17H,(H,32,33). The summed E-state index contributed by atoms with van der Waals surface area (Å²) >= 11 is 0.